The SMILES string of the molecule is O.O.O=[N+]([O-])c1ccc(C(N=Cc2ccccc2O)N=Cc2ccccc2O)cc1.O=[N+]([O-])c1ccc(C(N=Cc2ccccc2O)N=Cc2ccccc2O)cc1.O=[N+]([O-])c1ccc(C(N=Cc2ccccc2O)N=Cc2ccccc2O)cc1.O=[N+]([O-])c1ccc(C(N=Cc2ccccc2O)N=Cc2ccccc2O)cc1.[Co].[Co].[Co].[Co].[Co]. The van der Waals surface area contributed by atoms with Gasteiger partial charge < -0.3 is 51.8 Å². The first kappa shape index (κ1) is 102. The third-order valence-electron chi connectivity index (χ3n) is 15.9. The van der Waals surface area contributed by atoms with Crippen molar-refractivity contribution in [2.24, 2.45) is 39.9 Å². The first-order valence-electron chi connectivity index (χ1n) is 33.6. The zero-order chi connectivity index (χ0) is 79.7. The van der Waals surface area contributed by atoms with E-state index in [0.29, 0.717) is 66.8 Å². The fraction of sp³-hybridized carbons (Fsp3) is 0.0476. The molecule has 0 atom stereocenters. The standard InChI is InChI=1S/4C21H17N3O4.5Co.2H2O/c4*25-19-7-3-1-5-16(19)13-22-21(15-9-11-18(12-10-15)24(27)28)23-14-17-6-2-4-8-20(17)26;;;;;;;/h4*1-14,21,25-26H;;;;;;2*1H2. The second-order valence-electron chi connectivity index (χ2n) is 23.6. The topological polar surface area (TPSA) is 496 Å². The number of nitro benzene ring substituents is 4. The smallest absolute Gasteiger partial charge is 0.269 e. The number of nitrogens with zero attached hydrogens (tertiary/aromatic N) is 12. The number of hydrogen-bond acceptors (Lipinski definition) is 24. The van der Waals surface area contributed by atoms with E-state index in [2.05, 4.69) is 39.9 Å². The minimum Gasteiger partial charge on any atom is -0.507 e. The molecule has 5 radical (unpaired) electrons. The Morgan fingerprint density at radius 3 is 0.412 bits per heavy atom. The molecule has 30 nitrogen and oxygen atoms in total. The molecule has 0 amide bonds. The number of aromatic hydroxyl groups is 8. The second-order valence-corrected chi connectivity index (χ2v) is 23.6. The van der Waals surface area contributed by atoms with Crippen LogP contribution in [-0.4, -0.2) is 121 Å². The summed E-state index contributed by atoms with van der Waals surface area (Å²) in [5.74, 6) is 0.655. The van der Waals surface area contributed by atoms with Crippen LogP contribution >= 0.6 is 0 Å². The van der Waals surface area contributed by atoms with Crippen molar-refractivity contribution in [2.45, 2.75) is 24.7 Å². The summed E-state index contributed by atoms with van der Waals surface area (Å²) < 4.78 is 0. The number of nitro groups is 4. The summed E-state index contributed by atoms with van der Waals surface area (Å²) in [5, 5.41) is 123. The van der Waals surface area contributed by atoms with Gasteiger partial charge in [0, 0.05) is 227 Å². The van der Waals surface area contributed by atoms with E-state index in [1.807, 2.05) is 0 Å². The van der Waals surface area contributed by atoms with Gasteiger partial charge in [-0.2, -0.15) is 0 Å². The molecule has 0 spiro atoms. The number of hydrogen-bond donors (Lipinski definition) is 8. The molecular formula is C84H72Co5N12O18. The van der Waals surface area contributed by atoms with Gasteiger partial charge in [-0.1, -0.05) is 97.1 Å². The third kappa shape index (κ3) is 31.5. The predicted octanol–water partition coefficient (Wildman–Crippen LogP) is 15.3. The van der Waals surface area contributed by atoms with Crippen LogP contribution in [0.2, 0.25) is 0 Å². The van der Waals surface area contributed by atoms with Gasteiger partial charge in [-0.05, 0) is 168 Å². The van der Waals surface area contributed by atoms with E-state index >= 15 is 0 Å². The molecule has 12 N–H and O–H groups in total. The van der Waals surface area contributed by atoms with Crippen molar-refractivity contribution in [3.05, 3.63) is 398 Å². The Bertz CT molecular complexity index is 4610. The van der Waals surface area contributed by atoms with Gasteiger partial charge in [0.15, 0.2) is 24.7 Å². The van der Waals surface area contributed by atoms with Gasteiger partial charge >= 0.3 is 0 Å². The van der Waals surface area contributed by atoms with Crippen molar-refractivity contribution in [1.29, 1.82) is 0 Å². The van der Waals surface area contributed by atoms with Gasteiger partial charge in [0.25, 0.3) is 22.7 Å². The maximum atomic E-state index is 10.9. The maximum Gasteiger partial charge on any atom is 0.269 e. The number of benzene rings is 12. The molecule has 35 heteroatoms. The fourth-order valence-corrected chi connectivity index (χ4v) is 9.90. The van der Waals surface area contributed by atoms with Crippen molar-refractivity contribution in [1.82, 2.24) is 0 Å². The molecule has 0 fully saturated rings. The van der Waals surface area contributed by atoms with Crippen LogP contribution in [-0.2, 0) is 83.9 Å². The molecule has 621 valence electrons. The van der Waals surface area contributed by atoms with Gasteiger partial charge in [-0.25, -0.2) is 0 Å². The normalized spacial score (nSPS) is 11.7. The Morgan fingerprint density at radius 1 is 0.202 bits per heavy atom. The van der Waals surface area contributed by atoms with Crippen molar-refractivity contribution in [3.63, 3.8) is 0 Å². The Balaban J connectivity index is 0.000000527. The van der Waals surface area contributed by atoms with E-state index in [-0.39, 0.29) is 164 Å². The van der Waals surface area contributed by atoms with Crippen LogP contribution in [0.4, 0.5) is 22.7 Å². The van der Waals surface area contributed by atoms with E-state index in [4.69, 9.17) is 0 Å². The number of aliphatic imine (C=N–C) groups is 8. The second kappa shape index (κ2) is 52.1. The summed E-state index contributed by atoms with van der Waals surface area (Å²) in [6.45, 7) is 0. The van der Waals surface area contributed by atoms with E-state index < -0.39 is 44.4 Å². The van der Waals surface area contributed by atoms with Crippen LogP contribution in [0.1, 0.15) is 91.4 Å². The minimum atomic E-state index is -0.708. The van der Waals surface area contributed by atoms with Gasteiger partial charge in [0.05, 0.1) is 19.7 Å². The zero-order valence-electron chi connectivity index (χ0n) is 61.5. The van der Waals surface area contributed by atoms with Crippen LogP contribution in [0.5, 0.6) is 46.0 Å². The Hall–Kier alpha value is -13.5. The van der Waals surface area contributed by atoms with E-state index in [1.54, 1.807) is 243 Å². The summed E-state index contributed by atoms with van der Waals surface area (Å²) >= 11 is 0. The molecule has 0 aliphatic heterocycles. The molecule has 0 aliphatic rings. The Kier molecular flexibility index (Phi) is 44.5. The molecule has 12 rings (SSSR count). The summed E-state index contributed by atoms with van der Waals surface area (Å²) in [7, 11) is 0. The average molecular weight is 1830 g/mol. The third-order valence-corrected chi connectivity index (χ3v) is 15.9. The van der Waals surface area contributed by atoms with E-state index in [9.17, 15) is 81.3 Å². The molecule has 0 aliphatic carbocycles. The summed E-state index contributed by atoms with van der Waals surface area (Å²) in [6.07, 6.45) is 9.08. The fourth-order valence-electron chi connectivity index (χ4n) is 9.90. The Labute approximate surface area is 731 Å². The number of para-hydroxylation sites is 8. The molecule has 0 aromatic heterocycles. The van der Waals surface area contributed by atoms with Crippen molar-refractivity contribution < 1.29 is 155 Å². The van der Waals surface area contributed by atoms with Crippen LogP contribution in [0, 0.1) is 40.5 Å². The molecule has 12 aromatic rings. The van der Waals surface area contributed by atoms with Crippen molar-refractivity contribution in [3.8, 4) is 46.0 Å². The largest absolute Gasteiger partial charge is 0.507 e. The van der Waals surface area contributed by atoms with Gasteiger partial charge in [-0.15, -0.1) is 0 Å². The predicted molar refractivity (Wildman–Crippen MR) is 436 cm³/mol. The van der Waals surface area contributed by atoms with Crippen molar-refractivity contribution >= 4 is 72.5 Å². The van der Waals surface area contributed by atoms with Crippen LogP contribution < -0.4 is 0 Å². The number of rotatable bonds is 24. The van der Waals surface area contributed by atoms with Gasteiger partial charge in [0.2, 0.25) is 0 Å². The summed E-state index contributed by atoms with van der Waals surface area (Å²) in [5.41, 5.74) is 6.56. The minimum absolute atomic E-state index is 0. The summed E-state index contributed by atoms with van der Waals surface area (Å²) in [4.78, 5) is 76.8. The molecule has 0 heterocycles. The van der Waals surface area contributed by atoms with E-state index in [1.165, 1.54) is 98.2 Å². The first-order chi connectivity index (χ1) is 54.2. The van der Waals surface area contributed by atoms with Crippen LogP contribution in [0.3, 0.4) is 0 Å². The quantitative estimate of drug-likeness (QED) is 0.0158. The molecule has 0 unspecified atom stereocenters. The van der Waals surface area contributed by atoms with Gasteiger partial charge in [-0.3, -0.25) is 80.4 Å². The van der Waals surface area contributed by atoms with Crippen LogP contribution in [0.25, 0.3) is 0 Å². The molecule has 119 heavy (non-hydrogen) atoms. The monoisotopic (exact) mass is 1830 g/mol. The van der Waals surface area contributed by atoms with Gasteiger partial charge in [0.1, 0.15) is 46.0 Å². The maximum absolute atomic E-state index is 10.9. The average Bonchev–Trinajstić information content (AvgIpc) is 0.856. The number of phenolic OH excluding ortho intramolecular Hbond substituents is 8. The summed E-state index contributed by atoms with van der Waals surface area (Å²) in [6, 6.07) is 77.5. The zero-order valence-corrected chi connectivity index (χ0v) is 66.7. The number of phenols is 8. The molecule has 12 aromatic carbocycles. The van der Waals surface area contributed by atoms with Crippen LogP contribution in [0.15, 0.2) is 331 Å². The first-order valence-corrected chi connectivity index (χ1v) is 33.6. The molecule has 0 saturated carbocycles. The molecular weight excluding hydrogens is 1760 g/mol. The Morgan fingerprint density at radius 2 is 0.311 bits per heavy atom. The molecule has 0 bridgehead atoms. The molecule has 0 saturated heterocycles. The number of non-ortho nitro benzene ring substituents is 4. The van der Waals surface area contributed by atoms with E-state index in [0.717, 1.165) is 0 Å². The van der Waals surface area contributed by atoms with Crippen molar-refractivity contribution in [2.75, 3.05) is 0 Å².